The van der Waals surface area contributed by atoms with E-state index in [2.05, 4.69) is 52.2 Å². The van der Waals surface area contributed by atoms with Crippen molar-refractivity contribution in [2.24, 2.45) is 0 Å². The second-order valence-electron chi connectivity index (χ2n) is 16.6. The van der Waals surface area contributed by atoms with Crippen molar-refractivity contribution in [3.05, 3.63) is 24.3 Å². The third-order valence-corrected chi connectivity index (χ3v) is 11.6. The van der Waals surface area contributed by atoms with Crippen LogP contribution in [-0.2, 0) is 23.9 Å². The minimum absolute atomic E-state index is 0. The van der Waals surface area contributed by atoms with Crippen LogP contribution < -0.4 is 17.0 Å². The Bertz CT molecular complexity index is 937. The van der Waals surface area contributed by atoms with Crippen molar-refractivity contribution in [3.63, 3.8) is 0 Å². The van der Waals surface area contributed by atoms with Crippen molar-refractivity contribution in [1.29, 1.82) is 0 Å². The van der Waals surface area contributed by atoms with E-state index < -0.39 is 0 Å². The summed E-state index contributed by atoms with van der Waals surface area (Å²) < 4.78 is 11.7. The van der Waals surface area contributed by atoms with Crippen molar-refractivity contribution >= 4 is 29.6 Å². The Kier molecular flexibility index (Phi) is 45.7. The largest absolute Gasteiger partial charge is 1.00 e. The van der Waals surface area contributed by atoms with Gasteiger partial charge >= 0.3 is 11.9 Å². The number of rotatable bonds is 43. The Hall–Kier alpha value is -1.36. The number of carbonyl (C=O) groups is 3. The van der Waals surface area contributed by atoms with Crippen molar-refractivity contribution in [3.8, 4) is 0 Å². The zero-order valence-corrected chi connectivity index (χ0v) is 40.5. The van der Waals surface area contributed by atoms with Gasteiger partial charge in [-0.2, -0.15) is 0 Å². The van der Waals surface area contributed by atoms with Gasteiger partial charge in [-0.15, -0.1) is 11.8 Å². The van der Waals surface area contributed by atoms with Crippen molar-refractivity contribution in [2.75, 3.05) is 71.6 Å². The summed E-state index contributed by atoms with van der Waals surface area (Å²) in [7, 11) is 4.14. The molecule has 10 heteroatoms. The monoisotopic (exact) mass is 903 g/mol. The van der Waals surface area contributed by atoms with Crippen molar-refractivity contribution in [2.45, 2.75) is 194 Å². The number of carbonyl (C=O) groups excluding carboxylic acids is 3. The predicted octanol–water partition coefficient (Wildman–Crippen LogP) is 8.78. The zero-order valence-electron chi connectivity index (χ0n) is 38.1. The number of allylic oxidation sites excluding steroid dienone is 4. The molecule has 0 spiro atoms. The van der Waals surface area contributed by atoms with Gasteiger partial charge in [0.15, 0.2) is 0 Å². The van der Waals surface area contributed by atoms with Gasteiger partial charge in [0.1, 0.15) is 19.8 Å². The molecule has 1 amide bonds. The molecule has 58 heavy (non-hydrogen) atoms. The molecule has 0 aromatic rings. The molecule has 1 N–H and O–H groups in total. The number of hydrogen-bond acceptors (Lipinski definition) is 7. The first-order valence-corrected chi connectivity index (χ1v) is 24.8. The van der Waals surface area contributed by atoms with Gasteiger partial charge in [-0.25, -0.2) is 0 Å². The number of unbranched alkanes of at least 4 members (excludes halogenated alkanes) is 22. The molecule has 0 aliphatic rings. The standard InChI is InChI=1S/C48H91N2O6S.BrH/c1-5-7-9-11-13-15-17-19-21-23-25-27-29-31-33-35-47(53)55-42-37-49(46(52)45-57-44-40-50(3,4)39-41-51)38-43-56-48(54)36-34-32-30-28-26-24-22-20-18-16-14-12-10-8-6-2;/h19-22,51H,5-18,23-45H2,1-4H3;1H/q+1;/p-1/b21-19+,22-20+;. The Morgan fingerprint density at radius 1 is 0.552 bits per heavy atom. The number of quaternary nitrogens is 1. The van der Waals surface area contributed by atoms with E-state index in [0.717, 1.165) is 63.7 Å². The Morgan fingerprint density at radius 2 is 0.914 bits per heavy atom. The summed E-state index contributed by atoms with van der Waals surface area (Å²) >= 11 is 1.57. The lowest BCUT2D eigenvalue weighted by Crippen LogP contribution is -3.00. The lowest BCUT2D eigenvalue weighted by atomic mass is 10.1. The molecule has 0 saturated carbocycles. The molecule has 0 radical (unpaired) electrons. The van der Waals surface area contributed by atoms with Gasteiger partial charge < -0.3 is 40.9 Å². The highest BCUT2D eigenvalue weighted by Crippen LogP contribution is 2.13. The normalized spacial score (nSPS) is 11.7. The molecule has 0 aliphatic heterocycles. The van der Waals surface area contributed by atoms with E-state index in [4.69, 9.17) is 9.47 Å². The minimum Gasteiger partial charge on any atom is -1.00 e. The summed E-state index contributed by atoms with van der Waals surface area (Å²) in [5.74, 6) is 0.622. The number of likely N-dealkylation sites (N-methyl/N-ethyl adjacent to an activating group) is 1. The van der Waals surface area contributed by atoms with Crippen molar-refractivity contribution < 1.29 is 50.4 Å². The molecular formula is C48H91BrN2O6S. The average molecular weight is 904 g/mol. The Morgan fingerprint density at radius 3 is 1.29 bits per heavy atom. The summed E-state index contributed by atoms with van der Waals surface area (Å²) in [5.41, 5.74) is 0. The van der Waals surface area contributed by atoms with Gasteiger partial charge in [0.2, 0.25) is 5.91 Å². The summed E-state index contributed by atoms with van der Waals surface area (Å²) in [6.45, 7) is 7.03. The molecular weight excluding hydrogens is 813 g/mol. The third kappa shape index (κ3) is 42.8. The minimum atomic E-state index is -0.218. The molecule has 0 atom stereocenters. The quantitative estimate of drug-likeness (QED) is 0.0283. The first kappa shape index (κ1) is 58.7. The lowest BCUT2D eigenvalue weighted by Gasteiger charge is -2.28. The molecule has 0 rings (SSSR count). The summed E-state index contributed by atoms with van der Waals surface area (Å²) in [5, 5.41) is 9.30. The fraction of sp³-hybridized carbons (Fsp3) is 0.854. The summed E-state index contributed by atoms with van der Waals surface area (Å²) in [6, 6.07) is 0. The van der Waals surface area contributed by atoms with Gasteiger partial charge in [-0.1, -0.05) is 141 Å². The first-order chi connectivity index (χ1) is 27.8. The SMILES string of the molecule is CCCCCCCC/C=C/CCCCCCCC(=O)OCCN(CCOC(=O)CCCCCCC/C=C/CCCCCCCC)C(=O)CSCC[N+](C)(C)CCO.[Br-]. The van der Waals surface area contributed by atoms with Crippen LogP contribution in [0.5, 0.6) is 0 Å². The van der Waals surface area contributed by atoms with Crippen LogP contribution in [0.25, 0.3) is 0 Å². The Labute approximate surface area is 372 Å². The van der Waals surface area contributed by atoms with E-state index in [0.29, 0.717) is 29.6 Å². The maximum absolute atomic E-state index is 13.2. The smallest absolute Gasteiger partial charge is 0.305 e. The van der Waals surface area contributed by atoms with Crippen LogP contribution in [-0.4, -0.2) is 104 Å². The number of ether oxygens (including phenoxy) is 2. The van der Waals surface area contributed by atoms with Crippen molar-refractivity contribution in [1.82, 2.24) is 4.90 Å². The van der Waals surface area contributed by atoms with Crippen LogP contribution in [0.1, 0.15) is 194 Å². The van der Waals surface area contributed by atoms with Gasteiger partial charge in [0.25, 0.3) is 0 Å². The number of esters is 2. The molecule has 0 fully saturated rings. The van der Waals surface area contributed by atoms with E-state index in [1.54, 1.807) is 16.7 Å². The summed E-state index contributed by atoms with van der Waals surface area (Å²) in [4.78, 5) is 39.7. The third-order valence-electron chi connectivity index (χ3n) is 10.7. The van der Waals surface area contributed by atoms with Gasteiger partial charge in [-0.05, 0) is 64.2 Å². The molecule has 0 aromatic heterocycles. The second-order valence-corrected chi connectivity index (χ2v) is 17.8. The first-order valence-electron chi connectivity index (χ1n) is 23.6. The predicted molar refractivity (Wildman–Crippen MR) is 244 cm³/mol. The van der Waals surface area contributed by atoms with Crippen LogP contribution >= 0.6 is 11.8 Å². The maximum atomic E-state index is 13.2. The molecule has 342 valence electrons. The van der Waals surface area contributed by atoms with Crippen LogP contribution in [0, 0.1) is 0 Å². The van der Waals surface area contributed by atoms with E-state index in [-0.39, 0.29) is 67.7 Å². The highest BCUT2D eigenvalue weighted by atomic mass is 79.9. The van der Waals surface area contributed by atoms with Crippen LogP contribution in [0.4, 0.5) is 0 Å². The second kappa shape index (κ2) is 45.2. The molecule has 0 saturated heterocycles. The van der Waals surface area contributed by atoms with E-state index in [1.165, 1.54) is 116 Å². The van der Waals surface area contributed by atoms with Gasteiger partial charge in [0.05, 0.1) is 46.1 Å². The summed E-state index contributed by atoms with van der Waals surface area (Å²) in [6.07, 6.45) is 41.7. The van der Waals surface area contributed by atoms with Gasteiger partial charge in [-0.3, -0.25) is 14.4 Å². The number of aliphatic hydroxyl groups excluding tert-OH is 1. The van der Waals surface area contributed by atoms with Crippen LogP contribution in [0.2, 0.25) is 0 Å². The number of thioether (sulfide) groups is 1. The van der Waals surface area contributed by atoms with Crippen LogP contribution in [0.15, 0.2) is 24.3 Å². The maximum Gasteiger partial charge on any atom is 0.305 e. The topological polar surface area (TPSA) is 93.1 Å². The molecule has 0 unspecified atom stereocenters. The zero-order chi connectivity index (χ0) is 41.9. The number of nitrogens with zero attached hydrogens (tertiary/aromatic N) is 2. The molecule has 0 aliphatic carbocycles. The molecule has 0 aromatic carbocycles. The van der Waals surface area contributed by atoms with E-state index in [1.807, 2.05) is 0 Å². The number of hydrogen-bond donors (Lipinski definition) is 1. The molecule has 8 nitrogen and oxygen atoms in total. The lowest BCUT2D eigenvalue weighted by molar-refractivity contribution is -0.888. The van der Waals surface area contributed by atoms with Gasteiger partial charge in [0, 0.05) is 18.6 Å². The van der Waals surface area contributed by atoms with E-state index >= 15 is 0 Å². The average Bonchev–Trinajstić information content (AvgIpc) is 3.18. The highest BCUT2D eigenvalue weighted by Gasteiger charge is 2.18. The van der Waals surface area contributed by atoms with E-state index in [9.17, 15) is 19.5 Å². The number of halogens is 1. The highest BCUT2D eigenvalue weighted by molar-refractivity contribution is 7.99. The number of amides is 1. The fourth-order valence-electron chi connectivity index (χ4n) is 6.67. The fourth-order valence-corrected chi connectivity index (χ4v) is 7.79. The molecule has 0 heterocycles. The van der Waals surface area contributed by atoms with Crippen LogP contribution in [0.3, 0.4) is 0 Å². The Balaban J connectivity index is 0. The molecule has 0 bridgehead atoms. The number of aliphatic hydroxyl groups is 1.